The van der Waals surface area contributed by atoms with Crippen LogP contribution in [0, 0.1) is 0 Å². The number of urea groups is 1. The van der Waals surface area contributed by atoms with Crippen molar-refractivity contribution in [2.45, 2.75) is 0 Å². The molecule has 0 bridgehead atoms. The standard InChI is InChI=1S/C27H17ClN4O/c28-21-11-5-6-12-22(21)32-27(33)29-16-13-14-23-24(15-16)31-26-20-10-4-2-8-18(20)17-7-1-3-9-19(17)25(26)30-23/h1-15H,(H2,29,32,33). The summed E-state index contributed by atoms with van der Waals surface area (Å²) in [5.74, 6) is 0. The quantitative estimate of drug-likeness (QED) is 0.214. The zero-order chi connectivity index (χ0) is 22.4. The maximum atomic E-state index is 12.5. The number of benzene rings is 5. The van der Waals surface area contributed by atoms with Crippen LogP contribution in [0.3, 0.4) is 0 Å². The number of hydrogen-bond acceptors (Lipinski definition) is 3. The van der Waals surface area contributed by atoms with Gasteiger partial charge in [-0.3, -0.25) is 0 Å². The number of carbonyl (C=O) groups is 1. The molecule has 2 N–H and O–H groups in total. The molecule has 0 radical (unpaired) electrons. The normalized spacial score (nSPS) is 11.3. The van der Waals surface area contributed by atoms with Crippen LogP contribution in [0.2, 0.25) is 5.02 Å². The predicted molar refractivity (Wildman–Crippen MR) is 136 cm³/mol. The van der Waals surface area contributed by atoms with E-state index >= 15 is 0 Å². The van der Waals surface area contributed by atoms with Crippen molar-refractivity contribution >= 4 is 72.6 Å². The van der Waals surface area contributed by atoms with Crippen LogP contribution < -0.4 is 10.6 Å². The summed E-state index contributed by atoms with van der Waals surface area (Å²) < 4.78 is 0. The molecule has 5 nitrogen and oxygen atoms in total. The summed E-state index contributed by atoms with van der Waals surface area (Å²) in [6, 6.07) is 28.7. The van der Waals surface area contributed by atoms with E-state index in [1.165, 1.54) is 0 Å². The molecule has 1 heterocycles. The average Bonchev–Trinajstić information content (AvgIpc) is 2.84. The number of nitrogens with zero attached hydrogens (tertiary/aromatic N) is 2. The van der Waals surface area contributed by atoms with Crippen LogP contribution in [-0.4, -0.2) is 16.0 Å². The van der Waals surface area contributed by atoms with Gasteiger partial charge in [0.25, 0.3) is 0 Å². The molecule has 0 fully saturated rings. The number of anilines is 2. The highest BCUT2D eigenvalue weighted by Crippen LogP contribution is 2.34. The number of amides is 2. The van der Waals surface area contributed by atoms with Crippen LogP contribution in [0.1, 0.15) is 0 Å². The maximum absolute atomic E-state index is 12.5. The van der Waals surface area contributed by atoms with E-state index in [2.05, 4.69) is 34.9 Å². The van der Waals surface area contributed by atoms with Gasteiger partial charge in [0.1, 0.15) is 0 Å². The van der Waals surface area contributed by atoms with Crippen molar-refractivity contribution in [2.75, 3.05) is 10.6 Å². The predicted octanol–water partition coefficient (Wildman–Crippen LogP) is 7.39. The highest BCUT2D eigenvalue weighted by Gasteiger charge is 2.13. The van der Waals surface area contributed by atoms with Crippen molar-refractivity contribution in [2.24, 2.45) is 0 Å². The van der Waals surface area contributed by atoms with Gasteiger partial charge in [-0.25, -0.2) is 14.8 Å². The summed E-state index contributed by atoms with van der Waals surface area (Å²) in [6.07, 6.45) is 0. The molecular formula is C27H17ClN4O. The van der Waals surface area contributed by atoms with Crippen LogP contribution in [-0.2, 0) is 0 Å². The average molecular weight is 449 g/mol. The Morgan fingerprint density at radius 2 is 1.21 bits per heavy atom. The first-order valence-electron chi connectivity index (χ1n) is 10.5. The second kappa shape index (κ2) is 7.73. The molecule has 33 heavy (non-hydrogen) atoms. The molecule has 6 aromatic rings. The number of aromatic nitrogens is 2. The SMILES string of the molecule is O=C(Nc1ccc2nc3c4ccccc4c4ccccc4c3nc2c1)Nc1ccccc1Cl. The molecular weight excluding hydrogens is 432 g/mol. The van der Waals surface area contributed by atoms with E-state index in [0.29, 0.717) is 21.9 Å². The topological polar surface area (TPSA) is 66.9 Å². The third kappa shape index (κ3) is 3.39. The Labute approximate surface area is 194 Å². The lowest BCUT2D eigenvalue weighted by Gasteiger charge is -2.11. The first-order valence-corrected chi connectivity index (χ1v) is 10.9. The molecule has 6 rings (SSSR count). The van der Waals surface area contributed by atoms with E-state index in [9.17, 15) is 4.79 Å². The summed E-state index contributed by atoms with van der Waals surface area (Å²) in [5, 5.41) is 10.5. The van der Waals surface area contributed by atoms with Crippen molar-refractivity contribution in [3.05, 3.63) is 96.0 Å². The van der Waals surface area contributed by atoms with E-state index in [1.54, 1.807) is 12.1 Å². The van der Waals surface area contributed by atoms with Gasteiger partial charge in [-0.05, 0) is 41.1 Å². The number of para-hydroxylation sites is 1. The molecule has 0 saturated heterocycles. The largest absolute Gasteiger partial charge is 0.323 e. The third-order valence-electron chi connectivity index (χ3n) is 5.70. The minimum atomic E-state index is -0.382. The van der Waals surface area contributed by atoms with E-state index in [-0.39, 0.29) is 6.03 Å². The van der Waals surface area contributed by atoms with Crippen molar-refractivity contribution in [1.29, 1.82) is 0 Å². The van der Waals surface area contributed by atoms with Crippen LogP contribution in [0.5, 0.6) is 0 Å². The minimum Gasteiger partial charge on any atom is -0.308 e. The highest BCUT2D eigenvalue weighted by atomic mass is 35.5. The molecule has 6 heteroatoms. The maximum Gasteiger partial charge on any atom is 0.323 e. The molecule has 0 aliphatic heterocycles. The van der Waals surface area contributed by atoms with Gasteiger partial charge in [-0.15, -0.1) is 0 Å². The number of hydrogen-bond donors (Lipinski definition) is 2. The Morgan fingerprint density at radius 1 is 0.636 bits per heavy atom. The van der Waals surface area contributed by atoms with Crippen LogP contribution in [0.4, 0.5) is 16.2 Å². The van der Waals surface area contributed by atoms with Gasteiger partial charge in [0.15, 0.2) is 0 Å². The lowest BCUT2D eigenvalue weighted by atomic mass is 9.99. The zero-order valence-electron chi connectivity index (χ0n) is 17.3. The lowest BCUT2D eigenvalue weighted by molar-refractivity contribution is 0.262. The summed E-state index contributed by atoms with van der Waals surface area (Å²) in [7, 11) is 0. The minimum absolute atomic E-state index is 0.382. The number of rotatable bonds is 2. The molecule has 1 aromatic heterocycles. The summed E-state index contributed by atoms with van der Waals surface area (Å²) in [6.45, 7) is 0. The molecule has 0 spiro atoms. The van der Waals surface area contributed by atoms with Gasteiger partial charge >= 0.3 is 6.03 Å². The van der Waals surface area contributed by atoms with Crippen LogP contribution in [0.25, 0.3) is 43.6 Å². The van der Waals surface area contributed by atoms with Crippen molar-refractivity contribution < 1.29 is 4.79 Å². The summed E-state index contributed by atoms with van der Waals surface area (Å²) >= 11 is 6.13. The number of fused-ring (bicyclic) bond motifs is 7. The second-order valence-electron chi connectivity index (χ2n) is 7.77. The first kappa shape index (κ1) is 19.5. The Balaban J connectivity index is 1.45. The fourth-order valence-corrected chi connectivity index (χ4v) is 4.39. The second-order valence-corrected chi connectivity index (χ2v) is 8.18. The van der Waals surface area contributed by atoms with Gasteiger partial charge in [0.2, 0.25) is 0 Å². The van der Waals surface area contributed by atoms with E-state index in [1.807, 2.05) is 54.6 Å². The Kier molecular flexibility index (Phi) is 4.56. The number of carbonyl (C=O) groups excluding carboxylic acids is 1. The van der Waals surface area contributed by atoms with Crippen molar-refractivity contribution in [3.63, 3.8) is 0 Å². The zero-order valence-corrected chi connectivity index (χ0v) is 18.1. The first-order chi connectivity index (χ1) is 16.2. The van der Waals surface area contributed by atoms with Gasteiger partial charge in [0, 0.05) is 16.5 Å². The van der Waals surface area contributed by atoms with Crippen molar-refractivity contribution in [1.82, 2.24) is 9.97 Å². The molecule has 5 aromatic carbocycles. The number of nitrogens with one attached hydrogen (secondary N) is 2. The van der Waals surface area contributed by atoms with Crippen LogP contribution in [0.15, 0.2) is 91.0 Å². The fourth-order valence-electron chi connectivity index (χ4n) is 4.20. The molecule has 0 saturated carbocycles. The van der Waals surface area contributed by atoms with Gasteiger partial charge < -0.3 is 10.6 Å². The molecule has 0 atom stereocenters. The van der Waals surface area contributed by atoms with E-state index in [0.717, 1.165) is 38.1 Å². The van der Waals surface area contributed by atoms with E-state index < -0.39 is 0 Å². The molecule has 0 unspecified atom stereocenters. The molecule has 0 aliphatic carbocycles. The Bertz CT molecular complexity index is 1710. The monoisotopic (exact) mass is 448 g/mol. The fraction of sp³-hybridized carbons (Fsp3) is 0. The van der Waals surface area contributed by atoms with Gasteiger partial charge in [0.05, 0.1) is 32.8 Å². The smallest absolute Gasteiger partial charge is 0.308 e. The van der Waals surface area contributed by atoms with E-state index in [4.69, 9.17) is 21.6 Å². The summed E-state index contributed by atoms with van der Waals surface area (Å²) in [5.41, 5.74) is 4.34. The highest BCUT2D eigenvalue weighted by molar-refractivity contribution is 6.33. The Morgan fingerprint density at radius 3 is 1.88 bits per heavy atom. The van der Waals surface area contributed by atoms with Gasteiger partial charge in [-0.2, -0.15) is 0 Å². The third-order valence-corrected chi connectivity index (χ3v) is 6.03. The van der Waals surface area contributed by atoms with Crippen LogP contribution >= 0.6 is 11.6 Å². The molecule has 2 amide bonds. The Hall–Kier alpha value is -4.22. The molecule has 158 valence electrons. The van der Waals surface area contributed by atoms with Crippen molar-refractivity contribution in [3.8, 4) is 0 Å². The number of halogens is 1. The summed E-state index contributed by atoms with van der Waals surface area (Å²) in [4.78, 5) is 22.4. The molecule has 0 aliphatic rings. The van der Waals surface area contributed by atoms with Gasteiger partial charge in [-0.1, -0.05) is 72.3 Å². The lowest BCUT2D eigenvalue weighted by Crippen LogP contribution is -2.19.